The highest BCUT2D eigenvalue weighted by Crippen LogP contribution is 2.14. The third-order valence-corrected chi connectivity index (χ3v) is 2.53. The van der Waals surface area contributed by atoms with Crippen LogP contribution in [0.1, 0.15) is 6.42 Å². The van der Waals surface area contributed by atoms with Gasteiger partial charge in [0, 0.05) is 20.0 Å². The molecule has 2 aromatic rings. The van der Waals surface area contributed by atoms with E-state index >= 15 is 0 Å². The lowest BCUT2D eigenvalue weighted by Gasteiger charge is -2.08. The molecule has 92 valence electrons. The maximum Gasteiger partial charge on any atom is 0.183 e. The Bertz CT molecular complexity index is 490. The SMILES string of the molecule is Cn1nnc2c(NCCC[NH+](C)C)ncnc21. The Morgan fingerprint density at radius 3 is 2.94 bits per heavy atom. The molecule has 0 aliphatic rings. The second-order valence-electron chi connectivity index (χ2n) is 4.34. The van der Waals surface area contributed by atoms with Crippen LogP contribution in [0.3, 0.4) is 0 Å². The number of aryl methyl sites for hydroxylation is 1. The molecule has 0 bridgehead atoms. The van der Waals surface area contributed by atoms with E-state index < -0.39 is 0 Å². The first kappa shape index (κ1) is 11.7. The van der Waals surface area contributed by atoms with E-state index in [0.29, 0.717) is 0 Å². The minimum atomic E-state index is 0.729. The van der Waals surface area contributed by atoms with Gasteiger partial charge in [0.15, 0.2) is 17.0 Å². The summed E-state index contributed by atoms with van der Waals surface area (Å²) in [5.41, 5.74) is 1.48. The van der Waals surface area contributed by atoms with E-state index in [9.17, 15) is 0 Å². The van der Waals surface area contributed by atoms with Gasteiger partial charge in [-0.2, -0.15) is 0 Å². The van der Waals surface area contributed by atoms with E-state index in [1.54, 1.807) is 4.68 Å². The van der Waals surface area contributed by atoms with E-state index in [0.717, 1.165) is 36.5 Å². The van der Waals surface area contributed by atoms with E-state index in [1.165, 1.54) is 11.2 Å². The van der Waals surface area contributed by atoms with Crippen LogP contribution in [0.5, 0.6) is 0 Å². The van der Waals surface area contributed by atoms with E-state index in [-0.39, 0.29) is 0 Å². The van der Waals surface area contributed by atoms with Gasteiger partial charge in [-0.1, -0.05) is 5.21 Å². The predicted molar refractivity (Wildman–Crippen MR) is 64.9 cm³/mol. The molecule has 0 radical (unpaired) electrons. The number of nitrogens with one attached hydrogen (secondary N) is 2. The zero-order valence-electron chi connectivity index (χ0n) is 10.4. The van der Waals surface area contributed by atoms with Gasteiger partial charge < -0.3 is 10.2 Å². The van der Waals surface area contributed by atoms with Gasteiger partial charge in [0.2, 0.25) is 0 Å². The minimum absolute atomic E-state index is 0.729. The van der Waals surface area contributed by atoms with Gasteiger partial charge in [-0.3, -0.25) is 0 Å². The summed E-state index contributed by atoms with van der Waals surface area (Å²) in [7, 11) is 6.11. The average molecular weight is 236 g/mol. The number of hydrogen-bond donors (Lipinski definition) is 2. The Hall–Kier alpha value is -1.76. The molecule has 7 heteroatoms. The smallest absolute Gasteiger partial charge is 0.183 e. The highest BCUT2D eigenvalue weighted by atomic mass is 15.4. The Balaban J connectivity index is 2.03. The average Bonchev–Trinajstić information content (AvgIpc) is 2.67. The predicted octanol–water partition coefficient (Wildman–Crippen LogP) is -1.30. The molecule has 0 saturated carbocycles. The fourth-order valence-electron chi connectivity index (χ4n) is 1.63. The first-order chi connectivity index (χ1) is 8.18. The molecule has 0 aliphatic heterocycles. The summed E-state index contributed by atoms with van der Waals surface area (Å²) < 4.78 is 1.65. The van der Waals surface area contributed by atoms with Gasteiger partial charge in [-0.05, 0) is 0 Å². The normalized spacial score (nSPS) is 11.3. The third kappa shape index (κ3) is 2.68. The van der Waals surface area contributed by atoms with Crippen molar-refractivity contribution in [2.75, 3.05) is 32.5 Å². The van der Waals surface area contributed by atoms with Crippen LogP contribution in [-0.4, -0.2) is 52.1 Å². The first-order valence-electron chi connectivity index (χ1n) is 5.72. The molecular formula is C10H18N7+. The zero-order valence-corrected chi connectivity index (χ0v) is 10.4. The maximum atomic E-state index is 4.19. The molecule has 0 amide bonds. The molecule has 0 aromatic carbocycles. The monoisotopic (exact) mass is 236 g/mol. The number of anilines is 1. The number of rotatable bonds is 5. The van der Waals surface area contributed by atoms with Crippen LogP contribution >= 0.6 is 0 Å². The standard InChI is InChI=1S/C10H17N7/c1-16(2)6-4-5-11-9-8-10(13-7-12-9)17(3)15-14-8/h7H,4-6H2,1-3H3,(H,11,12,13)/p+1. The van der Waals surface area contributed by atoms with Gasteiger partial charge in [0.1, 0.15) is 6.33 Å². The highest BCUT2D eigenvalue weighted by molar-refractivity contribution is 5.81. The Morgan fingerprint density at radius 1 is 1.35 bits per heavy atom. The van der Waals surface area contributed by atoms with Gasteiger partial charge >= 0.3 is 0 Å². The molecule has 2 N–H and O–H groups in total. The quantitative estimate of drug-likeness (QED) is 0.632. The van der Waals surface area contributed by atoms with Crippen LogP contribution < -0.4 is 10.2 Å². The molecule has 0 saturated heterocycles. The largest absolute Gasteiger partial charge is 0.368 e. The zero-order chi connectivity index (χ0) is 12.3. The molecule has 2 aromatic heterocycles. The van der Waals surface area contributed by atoms with E-state index in [1.807, 2.05) is 7.05 Å². The summed E-state index contributed by atoms with van der Waals surface area (Å²) >= 11 is 0. The van der Waals surface area contributed by atoms with Crippen molar-refractivity contribution in [2.45, 2.75) is 6.42 Å². The van der Waals surface area contributed by atoms with E-state index in [2.05, 4.69) is 39.7 Å². The van der Waals surface area contributed by atoms with Crippen LogP contribution in [0.4, 0.5) is 5.82 Å². The molecule has 0 fully saturated rings. The molecule has 2 heterocycles. The minimum Gasteiger partial charge on any atom is -0.368 e. The Kier molecular flexibility index (Phi) is 3.48. The summed E-state index contributed by atoms with van der Waals surface area (Å²) in [5.74, 6) is 0.761. The van der Waals surface area contributed by atoms with Crippen LogP contribution in [0.2, 0.25) is 0 Å². The topological polar surface area (TPSA) is 73.0 Å². The van der Waals surface area contributed by atoms with Gasteiger partial charge in [-0.15, -0.1) is 5.10 Å². The lowest BCUT2D eigenvalue weighted by atomic mass is 10.4. The van der Waals surface area contributed by atoms with Gasteiger partial charge in [0.25, 0.3) is 0 Å². The molecule has 2 rings (SSSR count). The van der Waals surface area contributed by atoms with Crippen molar-refractivity contribution in [3.05, 3.63) is 6.33 Å². The van der Waals surface area contributed by atoms with Crippen molar-refractivity contribution >= 4 is 17.0 Å². The summed E-state index contributed by atoms with van der Waals surface area (Å²) in [6.45, 7) is 2.01. The second kappa shape index (κ2) is 5.05. The molecule has 17 heavy (non-hydrogen) atoms. The molecule has 0 aliphatic carbocycles. The lowest BCUT2D eigenvalue weighted by Crippen LogP contribution is -3.05. The van der Waals surface area contributed by atoms with Crippen molar-refractivity contribution in [3.8, 4) is 0 Å². The molecule has 0 atom stereocenters. The van der Waals surface area contributed by atoms with Crippen LogP contribution in [-0.2, 0) is 7.05 Å². The lowest BCUT2D eigenvalue weighted by molar-refractivity contribution is -0.858. The van der Waals surface area contributed by atoms with Crippen molar-refractivity contribution in [1.82, 2.24) is 25.0 Å². The Morgan fingerprint density at radius 2 is 2.18 bits per heavy atom. The summed E-state index contributed by atoms with van der Waals surface area (Å²) in [4.78, 5) is 9.78. The third-order valence-electron chi connectivity index (χ3n) is 2.53. The van der Waals surface area contributed by atoms with Crippen LogP contribution in [0.25, 0.3) is 11.2 Å². The summed E-state index contributed by atoms with van der Waals surface area (Å²) in [6, 6.07) is 0. The number of fused-ring (bicyclic) bond motifs is 1. The van der Waals surface area contributed by atoms with E-state index in [4.69, 9.17) is 0 Å². The summed E-state index contributed by atoms with van der Waals surface area (Å²) in [5, 5.41) is 11.3. The molecule has 0 unspecified atom stereocenters. The number of nitrogens with zero attached hydrogens (tertiary/aromatic N) is 5. The maximum absolute atomic E-state index is 4.19. The fraction of sp³-hybridized carbons (Fsp3) is 0.600. The molecular weight excluding hydrogens is 218 g/mol. The van der Waals surface area contributed by atoms with Gasteiger partial charge in [0.05, 0.1) is 20.6 Å². The highest BCUT2D eigenvalue weighted by Gasteiger charge is 2.08. The van der Waals surface area contributed by atoms with Crippen molar-refractivity contribution in [1.29, 1.82) is 0 Å². The molecule has 0 spiro atoms. The number of hydrogen-bond acceptors (Lipinski definition) is 5. The van der Waals surface area contributed by atoms with Crippen molar-refractivity contribution in [2.24, 2.45) is 7.05 Å². The molecule has 7 nitrogen and oxygen atoms in total. The summed E-state index contributed by atoms with van der Waals surface area (Å²) in [6.07, 6.45) is 2.62. The van der Waals surface area contributed by atoms with Crippen molar-refractivity contribution in [3.63, 3.8) is 0 Å². The second-order valence-corrected chi connectivity index (χ2v) is 4.34. The number of quaternary nitrogens is 1. The van der Waals surface area contributed by atoms with Crippen LogP contribution in [0.15, 0.2) is 6.33 Å². The Labute approximate surface area is 99.8 Å². The van der Waals surface area contributed by atoms with Crippen LogP contribution in [0, 0.1) is 0 Å². The first-order valence-corrected chi connectivity index (χ1v) is 5.72. The van der Waals surface area contributed by atoms with Crippen molar-refractivity contribution < 1.29 is 4.90 Å². The number of aromatic nitrogens is 5. The fourth-order valence-corrected chi connectivity index (χ4v) is 1.63. The van der Waals surface area contributed by atoms with Gasteiger partial charge in [-0.25, -0.2) is 14.6 Å².